The fraction of sp³-hybridized carbons (Fsp3) is 1.00. The lowest BCUT2D eigenvalue weighted by Crippen LogP contribution is -2.58. The van der Waals surface area contributed by atoms with Gasteiger partial charge in [0.15, 0.2) is 0 Å². The molecule has 3 unspecified atom stereocenters. The zero-order valence-electron chi connectivity index (χ0n) is 13.1. The Balaban J connectivity index is 2.47. The van der Waals surface area contributed by atoms with E-state index in [-0.39, 0.29) is 0 Å². The van der Waals surface area contributed by atoms with Gasteiger partial charge in [-0.1, -0.05) is 20.8 Å². The Morgan fingerprint density at radius 3 is 2.44 bits per heavy atom. The normalized spacial score (nSPS) is 26.2. The van der Waals surface area contributed by atoms with E-state index >= 15 is 0 Å². The highest BCUT2D eigenvalue weighted by atomic mass is 15.3. The van der Waals surface area contributed by atoms with Crippen molar-refractivity contribution < 1.29 is 0 Å². The van der Waals surface area contributed by atoms with E-state index in [1.807, 2.05) is 0 Å². The van der Waals surface area contributed by atoms with Gasteiger partial charge in [-0.15, -0.1) is 0 Å². The van der Waals surface area contributed by atoms with E-state index in [1.165, 1.54) is 39.0 Å². The molecular formula is C15H33N3. The highest BCUT2D eigenvalue weighted by Gasteiger charge is 2.28. The fourth-order valence-corrected chi connectivity index (χ4v) is 3.10. The van der Waals surface area contributed by atoms with Crippen LogP contribution in [0.4, 0.5) is 0 Å². The van der Waals surface area contributed by atoms with Gasteiger partial charge in [0.1, 0.15) is 0 Å². The standard InChI is InChI=1S/C15H33N3/c1-6-9-16-15(7-2)14(5)18-11-10-17(8-3)13(4)12-18/h13-16H,6-12H2,1-5H3. The molecular weight excluding hydrogens is 222 g/mol. The molecule has 1 rings (SSSR count). The Bertz CT molecular complexity index is 220. The maximum Gasteiger partial charge on any atom is 0.0222 e. The summed E-state index contributed by atoms with van der Waals surface area (Å²) in [6, 6.07) is 2.00. The first-order valence-electron chi connectivity index (χ1n) is 7.85. The minimum Gasteiger partial charge on any atom is -0.312 e. The van der Waals surface area contributed by atoms with E-state index in [2.05, 4.69) is 49.7 Å². The van der Waals surface area contributed by atoms with E-state index in [4.69, 9.17) is 0 Å². The lowest BCUT2D eigenvalue weighted by atomic mass is 10.0. The summed E-state index contributed by atoms with van der Waals surface area (Å²) in [5, 5.41) is 3.70. The van der Waals surface area contributed by atoms with Crippen LogP contribution in [0.1, 0.15) is 47.5 Å². The van der Waals surface area contributed by atoms with Gasteiger partial charge in [-0.05, 0) is 39.8 Å². The minimum atomic E-state index is 0.644. The third kappa shape index (κ3) is 4.22. The summed E-state index contributed by atoms with van der Waals surface area (Å²) in [6.07, 6.45) is 2.45. The summed E-state index contributed by atoms with van der Waals surface area (Å²) in [4.78, 5) is 5.26. The van der Waals surface area contributed by atoms with Crippen molar-refractivity contribution in [1.29, 1.82) is 0 Å². The van der Waals surface area contributed by atoms with Gasteiger partial charge in [-0.25, -0.2) is 0 Å². The van der Waals surface area contributed by atoms with Crippen LogP contribution >= 0.6 is 0 Å². The molecule has 1 fully saturated rings. The maximum absolute atomic E-state index is 3.70. The maximum atomic E-state index is 3.70. The summed E-state index contributed by atoms with van der Waals surface area (Å²) < 4.78 is 0. The molecule has 3 atom stereocenters. The fourth-order valence-electron chi connectivity index (χ4n) is 3.10. The van der Waals surface area contributed by atoms with Gasteiger partial charge in [0.05, 0.1) is 0 Å². The molecule has 0 aromatic rings. The Morgan fingerprint density at radius 2 is 1.94 bits per heavy atom. The van der Waals surface area contributed by atoms with Crippen molar-refractivity contribution in [3.05, 3.63) is 0 Å². The second-order valence-corrected chi connectivity index (χ2v) is 5.68. The van der Waals surface area contributed by atoms with E-state index in [0.717, 1.165) is 6.54 Å². The third-order valence-corrected chi connectivity index (χ3v) is 4.46. The Kier molecular flexibility index (Phi) is 7.20. The number of nitrogens with one attached hydrogen (secondary N) is 1. The van der Waals surface area contributed by atoms with Gasteiger partial charge < -0.3 is 5.32 Å². The zero-order chi connectivity index (χ0) is 13.5. The molecule has 108 valence electrons. The van der Waals surface area contributed by atoms with Crippen molar-refractivity contribution >= 4 is 0 Å². The molecule has 1 heterocycles. The lowest BCUT2D eigenvalue weighted by molar-refractivity contribution is 0.0510. The van der Waals surface area contributed by atoms with Gasteiger partial charge in [0, 0.05) is 37.8 Å². The van der Waals surface area contributed by atoms with E-state index in [1.54, 1.807) is 0 Å². The molecule has 3 heteroatoms. The summed E-state index contributed by atoms with van der Waals surface area (Å²) in [6.45, 7) is 17.6. The van der Waals surface area contributed by atoms with Crippen LogP contribution in [0.2, 0.25) is 0 Å². The number of hydrogen-bond donors (Lipinski definition) is 1. The number of likely N-dealkylation sites (N-methyl/N-ethyl adjacent to an activating group) is 1. The highest BCUT2D eigenvalue weighted by Crippen LogP contribution is 2.15. The second-order valence-electron chi connectivity index (χ2n) is 5.68. The largest absolute Gasteiger partial charge is 0.312 e. The van der Waals surface area contributed by atoms with Crippen LogP contribution in [0, 0.1) is 0 Å². The first-order valence-corrected chi connectivity index (χ1v) is 7.85. The summed E-state index contributed by atoms with van der Waals surface area (Å²) in [5.41, 5.74) is 0. The van der Waals surface area contributed by atoms with Crippen LogP contribution in [-0.2, 0) is 0 Å². The van der Waals surface area contributed by atoms with E-state index < -0.39 is 0 Å². The first-order chi connectivity index (χ1) is 8.63. The molecule has 0 amide bonds. The van der Waals surface area contributed by atoms with Crippen molar-refractivity contribution in [3.63, 3.8) is 0 Å². The van der Waals surface area contributed by atoms with Crippen LogP contribution in [-0.4, -0.2) is 60.6 Å². The van der Waals surface area contributed by atoms with Crippen molar-refractivity contribution in [2.45, 2.75) is 65.6 Å². The molecule has 0 aromatic heterocycles. The predicted molar refractivity (Wildman–Crippen MR) is 80.1 cm³/mol. The van der Waals surface area contributed by atoms with Crippen LogP contribution in [0.15, 0.2) is 0 Å². The van der Waals surface area contributed by atoms with Crippen LogP contribution in [0.3, 0.4) is 0 Å². The molecule has 1 saturated heterocycles. The Labute approximate surface area is 114 Å². The van der Waals surface area contributed by atoms with Gasteiger partial charge >= 0.3 is 0 Å². The molecule has 0 aliphatic carbocycles. The first kappa shape index (κ1) is 15.9. The Morgan fingerprint density at radius 1 is 1.22 bits per heavy atom. The number of nitrogens with zero attached hydrogens (tertiary/aromatic N) is 2. The predicted octanol–water partition coefficient (Wildman–Crippen LogP) is 2.18. The molecule has 0 radical (unpaired) electrons. The highest BCUT2D eigenvalue weighted by molar-refractivity contribution is 4.86. The van der Waals surface area contributed by atoms with Crippen LogP contribution in [0.25, 0.3) is 0 Å². The average Bonchev–Trinajstić information content (AvgIpc) is 2.39. The van der Waals surface area contributed by atoms with Gasteiger partial charge in [-0.2, -0.15) is 0 Å². The van der Waals surface area contributed by atoms with Crippen molar-refractivity contribution in [2.24, 2.45) is 0 Å². The molecule has 0 bridgehead atoms. The summed E-state index contributed by atoms with van der Waals surface area (Å²) in [7, 11) is 0. The smallest absolute Gasteiger partial charge is 0.0222 e. The van der Waals surface area contributed by atoms with Crippen molar-refractivity contribution in [2.75, 3.05) is 32.7 Å². The van der Waals surface area contributed by atoms with Crippen molar-refractivity contribution in [3.8, 4) is 0 Å². The number of piperazine rings is 1. The van der Waals surface area contributed by atoms with Crippen molar-refractivity contribution in [1.82, 2.24) is 15.1 Å². The minimum absolute atomic E-state index is 0.644. The van der Waals surface area contributed by atoms with E-state index in [0.29, 0.717) is 18.1 Å². The molecule has 0 aromatic carbocycles. The second kappa shape index (κ2) is 8.13. The van der Waals surface area contributed by atoms with Gasteiger partial charge in [-0.3, -0.25) is 9.80 Å². The van der Waals surface area contributed by atoms with Crippen LogP contribution in [0.5, 0.6) is 0 Å². The molecule has 18 heavy (non-hydrogen) atoms. The Hall–Kier alpha value is -0.120. The average molecular weight is 255 g/mol. The third-order valence-electron chi connectivity index (χ3n) is 4.46. The molecule has 1 aliphatic rings. The molecule has 0 saturated carbocycles. The van der Waals surface area contributed by atoms with Crippen LogP contribution < -0.4 is 5.32 Å². The summed E-state index contributed by atoms with van der Waals surface area (Å²) in [5.74, 6) is 0. The van der Waals surface area contributed by atoms with Gasteiger partial charge in [0.2, 0.25) is 0 Å². The summed E-state index contributed by atoms with van der Waals surface area (Å²) >= 11 is 0. The number of rotatable bonds is 7. The SMILES string of the molecule is CCCNC(CC)C(C)N1CCN(CC)C(C)C1. The molecule has 1 N–H and O–H groups in total. The molecule has 0 spiro atoms. The molecule has 1 aliphatic heterocycles. The number of hydrogen-bond acceptors (Lipinski definition) is 3. The monoisotopic (exact) mass is 255 g/mol. The molecule has 3 nitrogen and oxygen atoms in total. The quantitative estimate of drug-likeness (QED) is 0.752. The topological polar surface area (TPSA) is 18.5 Å². The van der Waals surface area contributed by atoms with E-state index in [9.17, 15) is 0 Å². The zero-order valence-corrected chi connectivity index (χ0v) is 13.1. The lowest BCUT2D eigenvalue weighted by Gasteiger charge is -2.44. The van der Waals surface area contributed by atoms with Gasteiger partial charge in [0.25, 0.3) is 0 Å².